The summed E-state index contributed by atoms with van der Waals surface area (Å²) in [5.74, 6) is 0.643. The molecule has 4 heteroatoms. The summed E-state index contributed by atoms with van der Waals surface area (Å²) in [4.78, 5) is 11.2. The van der Waals surface area contributed by atoms with Crippen LogP contribution < -0.4 is 4.74 Å². The second kappa shape index (κ2) is 7.33. The number of halogens is 1. The molecule has 0 amide bonds. The predicted molar refractivity (Wildman–Crippen MR) is 70.1 cm³/mol. The molecule has 0 atom stereocenters. The summed E-state index contributed by atoms with van der Waals surface area (Å²) in [6.07, 6.45) is 1.02. The van der Waals surface area contributed by atoms with Crippen LogP contribution in [0.25, 0.3) is 0 Å². The van der Waals surface area contributed by atoms with Gasteiger partial charge in [0.25, 0.3) is 0 Å². The molecule has 0 aromatic heterocycles. The fourth-order valence-corrected chi connectivity index (χ4v) is 1.52. The zero-order chi connectivity index (χ0) is 12.7. The van der Waals surface area contributed by atoms with Crippen LogP contribution >= 0.6 is 15.9 Å². The summed E-state index contributed by atoms with van der Waals surface area (Å²) < 4.78 is 11.5. The highest BCUT2D eigenvalue weighted by Crippen LogP contribution is 2.16. The van der Waals surface area contributed by atoms with Crippen LogP contribution in [0.15, 0.2) is 28.7 Å². The number of benzene rings is 1. The predicted octanol–water partition coefficient (Wildman–Crippen LogP) is 3.56. The molecule has 1 aromatic rings. The van der Waals surface area contributed by atoms with Gasteiger partial charge in [0.15, 0.2) is 0 Å². The van der Waals surface area contributed by atoms with Crippen molar-refractivity contribution in [1.82, 2.24) is 0 Å². The molecule has 0 saturated carbocycles. The highest BCUT2D eigenvalue weighted by atomic mass is 79.9. The van der Waals surface area contributed by atoms with Crippen molar-refractivity contribution in [1.29, 1.82) is 0 Å². The molecule has 0 N–H and O–H groups in total. The van der Waals surface area contributed by atoms with Gasteiger partial charge in [-0.15, -0.1) is 0 Å². The van der Waals surface area contributed by atoms with Crippen LogP contribution in [0.3, 0.4) is 0 Å². The molecule has 0 unspecified atom stereocenters. The standard InChI is InChI=1S/C13H17BrO3/c1-10(2)17-13(15)4-3-9-16-12-7-5-11(14)6-8-12/h5-8,10H,3-4,9H2,1-2H3. The Hall–Kier alpha value is -1.03. The van der Waals surface area contributed by atoms with E-state index in [4.69, 9.17) is 9.47 Å². The second-order valence-corrected chi connectivity index (χ2v) is 4.86. The van der Waals surface area contributed by atoms with Crippen molar-refractivity contribution < 1.29 is 14.3 Å². The first-order valence-electron chi connectivity index (χ1n) is 5.66. The number of ether oxygens (including phenoxy) is 2. The van der Waals surface area contributed by atoms with E-state index in [-0.39, 0.29) is 12.1 Å². The molecular weight excluding hydrogens is 284 g/mol. The lowest BCUT2D eigenvalue weighted by atomic mass is 10.3. The second-order valence-electron chi connectivity index (χ2n) is 3.94. The number of esters is 1. The summed E-state index contributed by atoms with van der Waals surface area (Å²) >= 11 is 3.35. The minimum absolute atomic E-state index is 0.0464. The minimum atomic E-state index is -0.167. The average molecular weight is 301 g/mol. The summed E-state index contributed by atoms with van der Waals surface area (Å²) in [7, 11) is 0. The van der Waals surface area contributed by atoms with Crippen LogP contribution in [0.4, 0.5) is 0 Å². The smallest absolute Gasteiger partial charge is 0.306 e. The molecule has 17 heavy (non-hydrogen) atoms. The summed E-state index contributed by atoms with van der Waals surface area (Å²) in [6, 6.07) is 7.61. The van der Waals surface area contributed by atoms with E-state index in [0.717, 1.165) is 10.2 Å². The lowest BCUT2D eigenvalue weighted by Gasteiger charge is -2.08. The van der Waals surface area contributed by atoms with Crippen molar-refractivity contribution in [3.05, 3.63) is 28.7 Å². The molecule has 3 nitrogen and oxygen atoms in total. The number of hydrogen-bond donors (Lipinski definition) is 0. The largest absolute Gasteiger partial charge is 0.494 e. The van der Waals surface area contributed by atoms with Gasteiger partial charge in [-0.25, -0.2) is 0 Å². The van der Waals surface area contributed by atoms with Crippen LogP contribution in [-0.4, -0.2) is 18.7 Å². The molecule has 0 fully saturated rings. The Kier molecular flexibility index (Phi) is 6.05. The SMILES string of the molecule is CC(C)OC(=O)CCCOc1ccc(Br)cc1. The maximum Gasteiger partial charge on any atom is 0.306 e. The van der Waals surface area contributed by atoms with Gasteiger partial charge in [0, 0.05) is 10.9 Å². The van der Waals surface area contributed by atoms with Crippen molar-refractivity contribution >= 4 is 21.9 Å². The van der Waals surface area contributed by atoms with Gasteiger partial charge in [0.05, 0.1) is 12.7 Å². The number of carbonyl (C=O) groups excluding carboxylic acids is 1. The van der Waals surface area contributed by atoms with E-state index in [1.807, 2.05) is 38.1 Å². The van der Waals surface area contributed by atoms with Gasteiger partial charge in [-0.2, -0.15) is 0 Å². The zero-order valence-electron chi connectivity index (χ0n) is 10.1. The lowest BCUT2D eigenvalue weighted by molar-refractivity contribution is -0.147. The Morgan fingerprint density at radius 1 is 1.29 bits per heavy atom. The molecule has 0 aliphatic rings. The fraction of sp³-hybridized carbons (Fsp3) is 0.462. The van der Waals surface area contributed by atoms with E-state index >= 15 is 0 Å². The summed E-state index contributed by atoms with van der Waals surface area (Å²) in [5, 5.41) is 0. The Labute approximate surface area is 110 Å². The topological polar surface area (TPSA) is 35.5 Å². The molecule has 94 valence electrons. The van der Waals surface area contributed by atoms with Gasteiger partial charge >= 0.3 is 5.97 Å². The third-order valence-electron chi connectivity index (χ3n) is 1.97. The monoisotopic (exact) mass is 300 g/mol. The minimum Gasteiger partial charge on any atom is -0.494 e. The Morgan fingerprint density at radius 3 is 2.53 bits per heavy atom. The number of hydrogen-bond acceptors (Lipinski definition) is 3. The molecule has 0 heterocycles. The van der Waals surface area contributed by atoms with E-state index in [1.165, 1.54) is 0 Å². The van der Waals surface area contributed by atoms with E-state index in [0.29, 0.717) is 19.4 Å². The molecular formula is C13H17BrO3. The zero-order valence-corrected chi connectivity index (χ0v) is 11.7. The normalized spacial score (nSPS) is 10.4. The maximum atomic E-state index is 11.2. The van der Waals surface area contributed by atoms with E-state index < -0.39 is 0 Å². The molecule has 0 saturated heterocycles. The Balaban J connectivity index is 2.16. The molecule has 0 spiro atoms. The van der Waals surface area contributed by atoms with Crippen LogP contribution in [-0.2, 0) is 9.53 Å². The number of carbonyl (C=O) groups is 1. The highest BCUT2D eigenvalue weighted by molar-refractivity contribution is 9.10. The van der Waals surface area contributed by atoms with Crippen molar-refractivity contribution in [2.75, 3.05) is 6.61 Å². The van der Waals surface area contributed by atoms with Crippen LogP contribution in [0.1, 0.15) is 26.7 Å². The van der Waals surface area contributed by atoms with Gasteiger partial charge in [-0.1, -0.05) is 15.9 Å². The van der Waals surface area contributed by atoms with Crippen molar-refractivity contribution in [3.8, 4) is 5.75 Å². The summed E-state index contributed by atoms with van der Waals surface area (Å²) in [5.41, 5.74) is 0. The van der Waals surface area contributed by atoms with Crippen LogP contribution in [0, 0.1) is 0 Å². The van der Waals surface area contributed by atoms with Crippen LogP contribution in [0.2, 0.25) is 0 Å². The first kappa shape index (κ1) is 14.0. The average Bonchev–Trinajstić information content (AvgIpc) is 2.26. The van der Waals surface area contributed by atoms with Gasteiger partial charge < -0.3 is 9.47 Å². The summed E-state index contributed by atoms with van der Waals surface area (Å²) in [6.45, 7) is 4.21. The van der Waals surface area contributed by atoms with Crippen LogP contribution in [0.5, 0.6) is 5.75 Å². The third-order valence-corrected chi connectivity index (χ3v) is 2.50. The van der Waals surface area contributed by atoms with Crippen molar-refractivity contribution in [3.63, 3.8) is 0 Å². The van der Waals surface area contributed by atoms with Crippen molar-refractivity contribution in [2.45, 2.75) is 32.8 Å². The first-order chi connectivity index (χ1) is 8.08. The van der Waals surface area contributed by atoms with Gasteiger partial charge in [-0.05, 0) is 44.5 Å². The third kappa shape index (κ3) is 6.31. The number of rotatable bonds is 6. The molecule has 1 rings (SSSR count). The first-order valence-corrected chi connectivity index (χ1v) is 6.45. The van der Waals surface area contributed by atoms with E-state index in [2.05, 4.69) is 15.9 Å². The van der Waals surface area contributed by atoms with Gasteiger partial charge in [0.2, 0.25) is 0 Å². The van der Waals surface area contributed by atoms with Crippen molar-refractivity contribution in [2.24, 2.45) is 0 Å². The quantitative estimate of drug-likeness (QED) is 0.595. The molecule has 1 aromatic carbocycles. The Morgan fingerprint density at radius 2 is 1.94 bits per heavy atom. The molecule has 0 radical (unpaired) electrons. The van der Waals surface area contributed by atoms with Gasteiger partial charge in [0.1, 0.15) is 5.75 Å². The lowest BCUT2D eigenvalue weighted by Crippen LogP contribution is -2.12. The highest BCUT2D eigenvalue weighted by Gasteiger charge is 2.04. The maximum absolute atomic E-state index is 11.2. The molecule has 0 aliphatic heterocycles. The molecule has 0 aliphatic carbocycles. The van der Waals surface area contributed by atoms with E-state index in [9.17, 15) is 4.79 Å². The van der Waals surface area contributed by atoms with E-state index in [1.54, 1.807) is 0 Å². The Bertz CT molecular complexity index is 346. The van der Waals surface area contributed by atoms with Gasteiger partial charge in [-0.3, -0.25) is 4.79 Å². The molecule has 0 bridgehead atoms. The fourth-order valence-electron chi connectivity index (χ4n) is 1.26.